The Morgan fingerprint density at radius 3 is 2.40 bits per heavy atom. The van der Waals surface area contributed by atoms with E-state index in [2.05, 4.69) is 95.9 Å². The van der Waals surface area contributed by atoms with Crippen LogP contribution in [-0.2, 0) is 11.2 Å². The van der Waals surface area contributed by atoms with Gasteiger partial charge in [-0.2, -0.15) is 0 Å². The molecule has 0 spiro atoms. The number of alkyl halides is 2. The molecule has 2 aliphatic heterocycles. The first-order valence-corrected chi connectivity index (χ1v) is 18.7. The molecular weight excluding hydrogens is 604 g/mol. The number of hydrogen-bond acceptors (Lipinski definition) is 4. The lowest BCUT2D eigenvalue weighted by molar-refractivity contribution is -0.147. The standard InChI is InChI=1S/C40H63F2N5O.302H2/c1-13-24(3)35-45-44-33(14-2)47(35)29-20-30-23-37(8,9)32(21-29)46(30)28(7)38(10,11)34(31-17-15-16-25(4)27(31)6)43-36(48)39(12)18-19-40(41,42)26(5)22-39;;;;;;;;;;;;;;;;;;;;;;;;;;;;;;;;;;;;;;;;;;;;;;;;;;;;;;;;;;;;;;;;;;;;;;;;;;;;;;;;;;;;;;;;;;;;;;;;;;;;;;;;;;;;;;;;;;;;;;;;;;;;;;;;;;;;;;;;;;;;;;;;;;;;;;;;;;;;;;;;;;;;;;;;;;;;;;;;;;;;;;;;;;;;;;;;;;;;;;;;;;;;;;;;;;;;;;;;;;;;;;;;;;;;;;;;;;;;;;;;;;;;;;;;;;;;;;;;;;;;;;;;;;;;;;;;;;;;;;;;;;;;;;;;;;;;;;;;;;;;;;/h15-17,24,26,28-30,32,34H,13-14,18-23H2,1-12H3,(H,43,48);302*1H/t24?,26?,28?,29-,30?,32-,34+,39?;;;;;;;;;;;;;;;;;;;;;;;;;;;;;;;;;;;;;;;;;;;;;;;;;;;;;;;;;;;;;;;;;;;;;;;;;;;;;;;;;;;;;;;;;;;;;;;;;;;;;;;;;;;;;;;;;;;;;;;;;;;;;;;;;;;;;;;;;;;;;;;;;;;;;;;;;;;;;;;;;;;;;;;;;;;;;;;;;;;;;;;;;;;;;;;;;;;;;;;;;;;;;;;;;;;;;;;;;;;;;;;;;;;;;;;;;;;;;;;;;;;;;;;;;;;;;;;;;;;;;;;;;;;;;;;;;;;;;;;;;;;;;;;;;;;;;;;;;;;;;;/m0............................................................................................................................................................................................................................................................................................................../s1/i/hD. The van der Waals surface area contributed by atoms with E-state index in [4.69, 9.17) is 5.10 Å². The van der Waals surface area contributed by atoms with Crippen molar-refractivity contribution in [2.45, 2.75) is 177 Å². The Hall–Kier alpha value is -2.35. The number of nitrogens with one attached hydrogen (secondary N) is 1. The molecule has 48 heavy (non-hydrogen) atoms. The Kier molecular flexibility index (Phi) is 9.67. The van der Waals surface area contributed by atoms with Gasteiger partial charge in [-0.05, 0) is 81.4 Å². The summed E-state index contributed by atoms with van der Waals surface area (Å²) in [6.07, 6.45) is 4.81. The van der Waals surface area contributed by atoms with Gasteiger partial charge in [0.2, 0.25) is 5.91 Å². The minimum absolute atomic E-state index is 0. The Labute approximate surface area is 739 Å². The van der Waals surface area contributed by atoms with E-state index in [0.717, 1.165) is 60.4 Å². The third-order valence-corrected chi connectivity index (χ3v) is 13.4. The molecular formula is C40H667F2N5O. The van der Waals surface area contributed by atoms with E-state index < -0.39 is 28.7 Å². The number of rotatable bonds is 10. The molecule has 6 nitrogen and oxygen atoms in total. The number of carbonyl (C=O) groups is 1. The lowest BCUT2D eigenvalue weighted by atomic mass is 9.67. The zero-order chi connectivity index (χ0) is 36.4. The van der Waals surface area contributed by atoms with Crippen molar-refractivity contribution in [2.24, 2.45) is 22.2 Å². The van der Waals surface area contributed by atoms with Crippen LogP contribution in [0.25, 0.3) is 0 Å². The zero-order valence-corrected chi connectivity index (χ0v) is 31.8. The lowest BCUT2D eigenvalue weighted by Gasteiger charge is -2.52. The van der Waals surface area contributed by atoms with Gasteiger partial charge >= 0.3 is 0 Å². The summed E-state index contributed by atoms with van der Waals surface area (Å²) in [5.41, 5.74) is 1.68. The number of hydrogen-bond donors (Lipinski definition) is 1. The largest absolute Gasteiger partial charge is 0.348 e. The van der Waals surface area contributed by atoms with Crippen molar-refractivity contribution in [1.82, 2.24) is 25.0 Å². The Morgan fingerprint density at radius 1 is 1.10 bits per heavy atom. The number of halogens is 2. The van der Waals surface area contributed by atoms with Crippen LogP contribution in [0.1, 0.15) is 591 Å². The van der Waals surface area contributed by atoms with Gasteiger partial charge in [0.25, 0.3) is 5.92 Å². The minimum Gasteiger partial charge on any atom is -0.348 e. The zero-order valence-electron chi connectivity index (χ0n) is 32.8. The maximum absolute atomic E-state index is 14.6. The molecule has 5 unspecified atom stereocenters. The molecule has 8 heteroatoms. The van der Waals surface area contributed by atoms with E-state index in [-0.39, 0.29) is 467 Å². The number of nitrogens with zero attached hydrogens (tertiary/aromatic N) is 4. The van der Waals surface area contributed by atoms with Gasteiger partial charge in [0.15, 0.2) is 1.41 Å². The van der Waals surface area contributed by atoms with Crippen molar-refractivity contribution in [1.29, 1.82) is 0 Å². The van der Waals surface area contributed by atoms with Gasteiger partial charge < -0.3 is 9.88 Å². The van der Waals surface area contributed by atoms with Crippen LogP contribution in [0, 0.1) is 36.0 Å². The van der Waals surface area contributed by atoms with E-state index in [1.165, 1.54) is 5.31 Å². The first kappa shape index (κ1) is 35.5. The summed E-state index contributed by atoms with van der Waals surface area (Å²) in [5, 5.41) is 10.5. The molecule has 1 aromatic heterocycles. The predicted molar refractivity (Wildman–Crippen MR) is 829 cm³/mol. The third kappa shape index (κ3) is 6.37. The van der Waals surface area contributed by atoms with Gasteiger partial charge in [-0.3, -0.25) is 9.69 Å². The van der Waals surface area contributed by atoms with Crippen molar-refractivity contribution in [2.75, 3.05) is 0 Å². The normalized spacial score (nSPS) is 30.8. The molecule has 1 aromatic carbocycles. The van der Waals surface area contributed by atoms with E-state index in [0.29, 0.717) is 24.0 Å². The van der Waals surface area contributed by atoms with Gasteiger partial charge in [-0.1, -0.05) is 80.5 Å². The molecule has 2 saturated heterocycles. The molecule has 1 N–H and O–H groups in total. The van der Waals surface area contributed by atoms with Crippen LogP contribution < -0.4 is 5.31 Å². The van der Waals surface area contributed by atoms with Crippen molar-refractivity contribution in [3.05, 3.63) is 46.5 Å². The quantitative estimate of drug-likeness (QED) is 0.257. The number of fused-ring (bicyclic) bond motifs is 2. The second kappa shape index (κ2) is 13.1. The first-order chi connectivity index (χ1) is 22.7. The molecule has 3 fully saturated rings. The highest BCUT2D eigenvalue weighted by molar-refractivity contribution is 5.83. The fourth-order valence-corrected chi connectivity index (χ4v) is 9.52. The van der Waals surface area contributed by atoms with Gasteiger partial charge in [0.05, 0.1) is 6.04 Å². The summed E-state index contributed by atoms with van der Waals surface area (Å²) in [6.45, 7) is 25.7. The minimum atomic E-state index is -2.79. The summed E-state index contributed by atoms with van der Waals surface area (Å²) < 4.78 is 41.4. The summed E-state index contributed by atoms with van der Waals surface area (Å²) in [5.74, 6) is -1.53. The Morgan fingerprint density at radius 2 is 1.79 bits per heavy atom. The van der Waals surface area contributed by atoms with Crippen LogP contribution >= 0.6 is 0 Å². The Bertz CT molecular complexity index is 1720. The van der Waals surface area contributed by atoms with Crippen LogP contribution in [-0.4, -0.2) is 49.6 Å². The summed E-state index contributed by atoms with van der Waals surface area (Å²) in [7, 11) is 0. The maximum atomic E-state index is 14.6. The van der Waals surface area contributed by atoms with Crippen LogP contribution in [0.15, 0.2) is 18.2 Å². The van der Waals surface area contributed by atoms with Crippen molar-refractivity contribution in [3.8, 4) is 0 Å². The van der Waals surface area contributed by atoms with Crippen LogP contribution in [0.5, 0.6) is 0 Å². The second-order valence-corrected chi connectivity index (χ2v) is 17.5. The number of carbonyl (C=O) groups excluding carboxylic acids is 1. The van der Waals surface area contributed by atoms with Crippen LogP contribution in [0.3, 0.4) is 0 Å². The highest BCUT2D eigenvalue weighted by Gasteiger charge is 2.57. The fraction of sp³-hybridized carbons (Fsp3) is 0.775. The predicted octanol–water partition coefficient (Wildman–Crippen LogP) is 83.8. The molecule has 2 bridgehead atoms. The Balaban J connectivity index is -0.000000000314. The van der Waals surface area contributed by atoms with Crippen molar-refractivity contribution in [3.63, 3.8) is 0 Å². The van der Waals surface area contributed by atoms with Crippen LogP contribution in [0.4, 0.5) is 8.78 Å². The maximum Gasteiger partial charge on any atom is 0.250 e. The highest BCUT2D eigenvalue weighted by atomic mass is 19.3. The smallest absolute Gasteiger partial charge is 0.250 e. The van der Waals surface area contributed by atoms with Gasteiger partial charge in [-0.15, -0.1) is 10.2 Å². The van der Waals surface area contributed by atoms with E-state index in [1.54, 1.807) is 13.8 Å². The van der Waals surface area contributed by atoms with Gasteiger partial charge in [0.1, 0.15) is 11.6 Å². The molecule has 3 heterocycles. The SMILES string of the molecule is [2H]N(C(=O)C1(C)CCC(F)(F)C(C)C1)[C@H](c1cccc(C)c1C)C(C)(C)C(C)N1C2C[C@H](n3c(CC)nnc3C(C)CC)C[C@H]1C(C)(C)C2.[HH].[HH].[HH].[HH].[HH].[HH].[HH].[HH].[HH].[HH].[HH].[HH].[HH].[HH].[HH].[HH].[HH].[HH].[HH].[HH].[HH].[HH].[HH].[HH].[HH].[HH].[HH].[HH].[HH].[HH].[HH].[HH].[HH].[HH].[HH].[HH].[HH].[HH].[HH].[HH].[HH].[HH].[HH].[HH].[HH].[HH].[HH].[HH].[HH].[HH].[HH].[HH].[HH].[HH].[HH].[HH].[HH].[HH].[HH].[HH].[HH].[HH].[HH].[HH].[HH].[HH].[HH].[HH].[HH].[HH].[HH].[HH].[HH].[HH].[HH].[HH].[HH].[HH].[HH].[HH].[HH].[HH].[HH].[HH].[HH].[HH].[HH].[HH].[HH].[HH].[HH].[HH].[HH].[HH].[HH].[HH].[HH].[HH].[HH].[HH].[HH].[HH].[HH].[HH].[HH].[HH].[HH].[HH].[HH].[HH].[HH].[HH].[HH].[HH].[HH].[HH].[HH].[HH].[HH].[HH].[HH].[HH].[HH].[HH].[HH].[HH].[HH].[HH].[HH].[HH].[HH].[HH].[HH].[HH].[HH].[HH].[HH].[HH].[HH].[HH].[HH].[HH].[HH].[HH].[HH].[HH].[HH].[HH].[HH].[HH].[HH].[HH].[HH].[HH].[HH].[HH].[HH].[HH].[HH].[HH].[HH].[HH].[HH].[HH].[HH].[HH].[HH].[HH].[HH].[HH].[HH].[HH].[HH].[HH].[HH].[HH].[HH].[HH].[HH].[HH].[HH].[HH].[HH].[HH].[HH].[HH].[HH].[HH].[HH].[HH].[HH].[HH].[HH].[HH].[HH].[HH].[HH].[HH].[HH].[HH].[HH].[HH].[HH].[HH].[HH].[HH].[HH].[HH].[HH].[HH].[HH].[HH].[HH].[HH].[HH].[HH].[HH].[HH].[HH].[HH].[HH].[HH].[HH].[HH].[HH].[HH].[HH].[HH].[HH].[HH].[HH].[HH].[HH].[HH].[HH].[HH].[HH].[HH].[HH].[HH].[HH].[HH].[HH].[HH].[HH].[HH].[HH].[HH].[HH].[HH].[HH].[HH].[HH].[HH].[HH].[HH].[HH].[HH].[HH].[HH].[HH].[HH].[HH].[HH].[HH].[HH].[HH].[HH].[HH].[HH].[HH].[HH].[HH].[HH].[HH].[HH].[HH].[HH].[HH].[HH].[HH].[HH].[HH].[HH].[HH].[HH].[HH].[HH].[HH].[HH].[HH].[HH].[HH].[HH].[HH].[HH].[HH].[HH].[HH].[HH].[HH].[HH]. The van der Waals surface area contributed by atoms with E-state index >= 15 is 0 Å². The van der Waals surface area contributed by atoms with E-state index in [9.17, 15) is 15.0 Å². The van der Waals surface area contributed by atoms with Gasteiger partial charge in [-0.25, -0.2) is 8.78 Å². The first-order valence-electron chi connectivity index (χ1n) is 19.1. The number of aryl methyl sites for hydroxylation is 2. The molecule has 1 amide bonds. The lowest BCUT2D eigenvalue weighted by Crippen LogP contribution is -2.58. The average molecular weight is 1280 g/mol. The highest BCUT2D eigenvalue weighted by Crippen LogP contribution is 2.55. The second-order valence-electron chi connectivity index (χ2n) is 17.5. The summed E-state index contributed by atoms with van der Waals surface area (Å²) in [6, 6.07) is 6.58. The number of piperidine rings is 1. The molecule has 0 radical (unpaired) electrons. The molecule has 1 saturated carbocycles. The van der Waals surface area contributed by atoms with Gasteiger partial charge in [0, 0.05) is 491 Å². The molecule has 1 aliphatic carbocycles. The number of benzene rings is 1. The van der Waals surface area contributed by atoms with E-state index in [1.807, 2.05) is 6.07 Å². The average Bonchev–Trinajstić information content (AvgIpc) is 3.54. The monoisotopic (exact) mass is 1280 g/mol. The number of aromatic nitrogens is 3. The van der Waals surface area contributed by atoms with Crippen molar-refractivity contribution >= 4 is 5.91 Å². The topological polar surface area (TPSA) is 63.1 Å². The molecule has 872 valence electrons. The van der Waals surface area contributed by atoms with Crippen molar-refractivity contribution < 1.29 is 446 Å². The fourth-order valence-electron chi connectivity index (χ4n) is 9.52. The third-order valence-electron chi connectivity index (χ3n) is 13.4. The molecule has 2 aromatic rings. The molecule has 3 aliphatic rings. The summed E-state index contributed by atoms with van der Waals surface area (Å²) in [4.78, 5) is 17.2. The molecule has 5 rings (SSSR count). The summed E-state index contributed by atoms with van der Waals surface area (Å²) >= 11 is 0. The number of amides is 1. The molecule has 8 atom stereocenters. The van der Waals surface area contributed by atoms with Crippen LogP contribution in [0.2, 0.25) is 1.41 Å².